The topological polar surface area (TPSA) is 75.6 Å². The molecule has 0 rings (SSSR count). The van der Waals surface area contributed by atoms with Gasteiger partial charge in [-0.15, -0.1) is 0 Å². The maximum absolute atomic E-state index is 11.7. The lowest BCUT2D eigenvalue weighted by Crippen LogP contribution is -2.41. The second-order valence-corrected chi connectivity index (χ2v) is 2.66. The summed E-state index contributed by atoms with van der Waals surface area (Å²) in [7, 11) is 1.04. The molecule has 0 saturated heterocycles. The molecule has 0 heterocycles. The summed E-state index contributed by atoms with van der Waals surface area (Å²) in [5, 5.41) is 9.84. The average Bonchev–Trinajstić information content (AvgIpc) is 2.08. The van der Waals surface area contributed by atoms with Gasteiger partial charge in [-0.2, -0.15) is 13.2 Å². The molecule has 0 bridgehead atoms. The molecule has 0 spiro atoms. The molecule has 1 atom stereocenters. The highest BCUT2D eigenvalue weighted by atomic mass is 19.4. The average molecular weight is 229 g/mol. The zero-order chi connectivity index (χ0) is 12.1. The molecule has 0 aliphatic rings. The highest BCUT2D eigenvalue weighted by molar-refractivity contribution is 5.85. The standard InChI is InChI=1S/C7H10F3NO4/c1-15-4(2-5(12)13)6(14)11-3-7(8,9)10/h4H,2-3H2,1H3,(H,11,14)(H,12,13)/t4-/m1/s1. The van der Waals surface area contributed by atoms with Gasteiger partial charge in [0.05, 0.1) is 6.42 Å². The van der Waals surface area contributed by atoms with Crippen LogP contribution in [0.2, 0.25) is 0 Å². The Kier molecular flexibility index (Phi) is 5.06. The molecule has 0 fully saturated rings. The summed E-state index contributed by atoms with van der Waals surface area (Å²) in [4.78, 5) is 21.1. The van der Waals surface area contributed by atoms with Gasteiger partial charge in [0.25, 0.3) is 0 Å². The number of carbonyl (C=O) groups is 2. The van der Waals surface area contributed by atoms with E-state index >= 15 is 0 Å². The van der Waals surface area contributed by atoms with Gasteiger partial charge in [-0.05, 0) is 0 Å². The monoisotopic (exact) mass is 229 g/mol. The number of ether oxygens (including phenoxy) is 1. The summed E-state index contributed by atoms with van der Waals surface area (Å²) in [5.41, 5.74) is 0. The molecule has 5 nitrogen and oxygen atoms in total. The van der Waals surface area contributed by atoms with Crippen molar-refractivity contribution in [3.05, 3.63) is 0 Å². The van der Waals surface area contributed by atoms with Crippen LogP contribution in [0.3, 0.4) is 0 Å². The number of aliphatic carboxylic acids is 1. The van der Waals surface area contributed by atoms with Crippen molar-refractivity contribution in [1.82, 2.24) is 5.32 Å². The lowest BCUT2D eigenvalue weighted by atomic mass is 10.2. The van der Waals surface area contributed by atoms with E-state index in [0.29, 0.717) is 0 Å². The van der Waals surface area contributed by atoms with E-state index in [4.69, 9.17) is 5.11 Å². The van der Waals surface area contributed by atoms with Crippen molar-refractivity contribution in [3.63, 3.8) is 0 Å². The minimum atomic E-state index is -4.53. The first-order valence-electron chi connectivity index (χ1n) is 3.85. The Morgan fingerprint density at radius 2 is 2.00 bits per heavy atom. The third-order valence-corrected chi connectivity index (χ3v) is 1.40. The van der Waals surface area contributed by atoms with E-state index in [1.54, 1.807) is 0 Å². The van der Waals surface area contributed by atoms with Crippen molar-refractivity contribution in [1.29, 1.82) is 0 Å². The van der Waals surface area contributed by atoms with Crippen LogP contribution in [-0.2, 0) is 14.3 Å². The van der Waals surface area contributed by atoms with Gasteiger partial charge in [0, 0.05) is 7.11 Å². The fraction of sp³-hybridized carbons (Fsp3) is 0.714. The van der Waals surface area contributed by atoms with E-state index in [1.165, 1.54) is 5.32 Å². The number of amides is 1. The maximum Gasteiger partial charge on any atom is 0.405 e. The van der Waals surface area contributed by atoms with Gasteiger partial charge in [-0.3, -0.25) is 9.59 Å². The van der Waals surface area contributed by atoms with Crippen LogP contribution in [0.1, 0.15) is 6.42 Å². The van der Waals surface area contributed by atoms with Crippen molar-refractivity contribution < 1.29 is 32.6 Å². The van der Waals surface area contributed by atoms with Crippen LogP contribution >= 0.6 is 0 Å². The molecule has 15 heavy (non-hydrogen) atoms. The number of rotatable bonds is 5. The van der Waals surface area contributed by atoms with Crippen LogP contribution in [0.5, 0.6) is 0 Å². The Morgan fingerprint density at radius 3 is 2.33 bits per heavy atom. The number of halogens is 3. The fourth-order valence-electron chi connectivity index (χ4n) is 0.743. The zero-order valence-corrected chi connectivity index (χ0v) is 7.80. The van der Waals surface area contributed by atoms with Crippen LogP contribution in [0, 0.1) is 0 Å². The quantitative estimate of drug-likeness (QED) is 0.703. The molecule has 0 aliphatic heterocycles. The van der Waals surface area contributed by atoms with E-state index in [9.17, 15) is 22.8 Å². The number of methoxy groups -OCH3 is 1. The third kappa shape index (κ3) is 6.72. The molecular weight excluding hydrogens is 219 g/mol. The van der Waals surface area contributed by atoms with Crippen molar-refractivity contribution in [2.75, 3.05) is 13.7 Å². The Labute approximate surface area is 83.2 Å². The molecule has 0 unspecified atom stereocenters. The van der Waals surface area contributed by atoms with Crippen LogP contribution in [0.25, 0.3) is 0 Å². The van der Waals surface area contributed by atoms with E-state index in [-0.39, 0.29) is 0 Å². The van der Waals surface area contributed by atoms with Crippen LogP contribution < -0.4 is 5.32 Å². The van der Waals surface area contributed by atoms with Crippen molar-refractivity contribution in [3.8, 4) is 0 Å². The molecule has 0 aromatic heterocycles. The third-order valence-electron chi connectivity index (χ3n) is 1.40. The SMILES string of the molecule is CO[C@H](CC(=O)O)C(=O)NCC(F)(F)F. The number of carboxylic acid groups (broad SMARTS) is 1. The molecule has 2 N–H and O–H groups in total. The van der Waals surface area contributed by atoms with E-state index in [2.05, 4.69) is 4.74 Å². The van der Waals surface area contributed by atoms with E-state index in [0.717, 1.165) is 7.11 Å². The summed E-state index contributed by atoms with van der Waals surface area (Å²) < 4.78 is 39.4. The zero-order valence-electron chi connectivity index (χ0n) is 7.80. The van der Waals surface area contributed by atoms with Gasteiger partial charge < -0.3 is 15.2 Å². The first-order valence-corrected chi connectivity index (χ1v) is 3.85. The van der Waals surface area contributed by atoms with Crippen LogP contribution in [-0.4, -0.2) is 42.9 Å². The molecule has 0 radical (unpaired) electrons. The molecule has 1 amide bonds. The Morgan fingerprint density at radius 1 is 1.47 bits per heavy atom. The minimum Gasteiger partial charge on any atom is -0.481 e. The summed E-state index contributed by atoms with van der Waals surface area (Å²) >= 11 is 0. The number of alkyl halides is 3. The summed E-state index contributed by atoms with van der Waals surface area (Å²) in [6.07, 6.45) is -6.62. The first-order chi connectivity index (χ1) is 6.76. The number of nitrogens with one attached hydrogen (secondary N) is 1. The molecular formula is C7H10F3NO4. The largest absolute Gasteiger partial charge is 0.481 e. The molecule has 0 aromatic carbocycles. The smallest absolute Gasteiger partial charge is 0.405 e. The van der Waals surface area contributed by atoms with Crippen LogP contribution in [0.15, 0.2) is 0 Å². The first kappa shape index (κ1) is 13.7. The van der Waals surface area contributed by atoms with Gasteiger partial charge in [0.1, 0.15) is 12.6 Å². The predicted molar refractivity (Wildman–Crippen MR) is 42.1 cm³/mol. The van der Waals surface area contributed by atoms with Crippen LogP contribution in [0.4, 0.5) is 13.2 Å². The Hall–Kier alpha value is -1.31. The molecule has 8 heteroatoms. The molecule has 0 aliphatic carbocycles. The normalized spacial score (nSPS) is 13.3. The molecule has 0 saturated carbocycles. The predicted octanol–water partition coefficient (Wildman–Crippen LogP) is 0.155. The number of hydrogen-bond acceptors (Lipinski definition) is 3. The van der Waals surface area contributed by atoms with Gasteiger partial charge in [-0.25, -0.2) is 0 Å². The Balaban J connectivity index is 4.11. The fourth-order valence-corrected chi connectivity index (χ4v) is 0.743. The highest BCUT2D eigenvalue weighted by Crippen LogP contribution is 2.12. The van der Waals surface area contributed by atoms with Gasteiger partial charge in [-0.1, -0.05) is 0 Å². The minimum absolute atomic E-state index is 0.680. The molecule has 88 valence electrons. The number of hydrogen-bond donors (Lipinski definition) is 2. The Bertz CT molecular complexity index is 241. The van der Waals surface area contributed by atoms with E-state index < -0.39 is 37.1 Å². The lowest BCUT2D eigenvalue weighted by molar-refractivity contribution is -0.149. The second-order valence-electron chi connectivity index (χ2n) is 2.66. The van der Waals surface area contributed by atoms with E-state index in [1.807, 2.05) is 0 Å². The number of carboxylic acids is 1. The van der Waals surface area contributed by atoms with Gasteiger partial charge in [0.15, 0.2) is 0 Å². The summed E-state index contributed by atoms with van der Waals surface area (Å²) in [5.74, 6) is -2.43. The highest BCUT2D eigenvalue weighted by Gasteiger charge is 2.30. The van der Waals surface area contributed by atoms with Gasteiger partial charge >= 0.3 is 12.1 Å². The lowest BCUT2D eigenvalue weighted by Gasteiger charge is -2.14. The maximum atomic E-state index is 11.7. The second kappa shape index (κ2) is 5.54. The summed E-state index contributed by atoms with van der Waals surface area (Å²) in [6.45, 7) is -1.51. The molecule has 0 aromatic rings. The van der Waals surface area contributed by atoms with Crippen molar-refractivity contribution in [2.45, 2.75) is 18.7 Å². The summed E-state index contributed by atoms with van der Waals surface area (Å²) in [6, 6.07) is 0. The van der Waals surface area contributed by atoms with Gasteiger partial charge in [0.2, 0.25) is 5.91 Å². The number of carbonyl (C=O) groups excluding carboxylic acids is 1. The van der Waals surface area contributed by atoms with Crippen molar-refractivity contribution >= 4 is 11.9 Å². The van der Waals surface area contributed by atoms with Crippen molar-refractivity contribution in [2.24, 2.45) is 0 Å².